The van der Waals surface area contributed by atoms with Gasteiger partial charge < -0.3 is 19.3 Å². The van der Waals surface area contributed by atoms with E-state index in [-0.39, 0.29) is 0 Å². The molecule has 0 aliphatic carbocycles. The smallest absolute Gasteiger partial charge is 0.252 e. The molecule has 188 valence electrons. The van der Waals surface area contributed by atoms with E-state index >= 15 is 0 Å². The summed E-state index contributed by atoms with van der Waals surface area (Å²) in [6.45, 7) is 8.89. The van der Waals surface area contributed by atoms with Gasteiger partial charge in [0.2, 0.25) is 0 Å². The molecule has 0 radical (unpaired) electrons. The van der Waals surface area contributed by atoms with Gasteiger partial charge in [0.1, 0.15) is 6.61 Å². The van der Waals surface area contributed by atoms with Crippen LogP contribution in [0, 0.1) is 0 Å². The van der Waals surface area contributed by atoms with Crippen molar-refractivity contribution in [2.75, 3.05) is 20.8 Å². The Morgan fingerprint density at radius 1 is 0.909 bits per heavy atom. The van der Waals surface area contributed by atoms with Crippen molar-refractivity contribution in [2.24, 2.45) is 4.99 Å². The Balaban J connectivity index is 0.00000497. The number of unbranched alkanes of at least 4 members (excludes halogenated alkanes) is 6. The van der Waals surface area contributed by atoms with Gasteiger partial charge in [-0.1, -0.05) is 83.2 Å². The molecule has 0 saturated heterocycles. The van der Waals surface area contributed by atoms with E-state index in [2.05, 4.69) is 12.1 Å². The highest BCUT2D eigenvalue weighted by Gasteiger charge is 2.10. The molecule has 1 N–H and O–H groups in total. The third kappa shape index (κ3) is 14.5. The molecular formula is C28H47NO4. The van der Waals surface area contributed by atoms with Gasteiger partial charge in [-0.15, -0.1) is 0 Å². The van der Waals surface area contributed by atoms with Gasteiger partial charge >= 0.3 is 0 Å². The maximum atomic E-state index is 8.86. The maximum absolute atomic E-state index is 8.86. The molecule has 0 fully saturated rings. The lowest BCUT2D eigenvalue weighted by Gasteiger charge is -2.12. The van der Waals surface area contributed by atoms with Crippen LogP contribution in [0.1, 0.15) is 91.0 Å². The molecule has 0 amide bonds. The fraction of sp³-hybridized carbons (Fsp3) is 0.607. The van der Waals surface area contributed by atoms with E-state index in [1.807, 2.05) is 45.9 Å². The van der Waals surface area contributed by atoms with Crippen LogP contribution in [0.4, 0.5) is 0 Å². The fourth-order valence-corrected chi connectivity index (χ4v) is 3.26. The van der Waals surface area contributed by atoms with Crippen molar-refractivity contribution in [3.63, 3.8) is 0 Å². The molecule has 0 unspecified atom stereocenters. The van der Waals surface area contributed by atoms with Crippen molar-refractivity contribution < 1.29 is 19.3 Å². The van der Waals surface area contributed by atoms with Crippen LogP contribution in [0.2, 0.25) is 0 Å². The second-order valence-corrected chi connectivity index (χ2v) is 7.59. The number of rotatable bonds is 17. The monoisotopic (exact) mass is 461 g/mol. The van der Waals surface area contributed by atoms with Crippen LogP contribution in [0.5, 0.6) is 0 Å². The first kappa shape index (κ1) is 30.7. The molecule has 0 aliphatic heterocycles. The van der Waals surface area contributed by atoms with Crippen LogP contribution >= 0.6 is 0 Å². The molecule has 5 nitrogen and oxygen atoms in total. The van der Waals surface area contributed by atoms with Gasteiger partial charge in [-0.25, -0.2) is 4.99 Å². The number of aliphatic hydroxyl groups is 1. The van der Waals surface area contributed by atoms with E-state index in [9.17, 15) is 0 Å². The van der Waals surface area contributed by atoms with Crippen LogP contribution in [-0.2, 0) is 20.8 Å². The Morgan fingerprint density at radius 2 is 1.52 bits per heavy atom. The number of hydrogen-bond acceptors (Lipinski definition) is 5. The Bertz CT molecular complexity index is 674. The number of allylic oxidation sites excluding steroid dienone is 2. The zero-order valence-electron chi connectivity index (χ0n) is 21.9. The Hall–Kier alpha value is -2.27. The lowest BCUT2D eigenvalue weighted by molar-refractivity contribution is 0.212. The van der Waals surface area contributed by atoms with Gasteiger partial charge in [0.05, 0.1) is 26.2 Å². The third-order valence-corrected chi connectivity index (χ3v) is 5.12. The molecule has 1 aromatic rings. The number of aliphatic hydroxyl groups excluding tert-OH is 1. The van der Waals surface area contributed by atoms with E-state index in [1.165, 1.54) is 19.3 Å². The number of methoxy groups -OCH3 is 2. The summed E-state index contributed by atoms with van der Waals surface area (Å²) in [6, 6.07) is 10.1. The molecular weight excluding hydrogens is 414 g/mol. The zero-order chi connectivity index (χ0) is 24.7. The second-order valence-electron chi connectivity index (χ2n) is 7.59. The Labute approximate surface area is 202 Å². The van der Waals surface area contributed by atoms with Gasteiger partial charge in [-0.2, -0.15) is 0 Å². The van der Waals surface area contributed by atoms with Crippen molar-refractivity contribution in [3.8, 4) is 0 Å². The Morgan fingerprint density at radius 3 is 2.06 bits per heavy atom. The summed E-state index contributed by atoms with van der Waals surface area (Å²) in [5.74, 6) is 1.27. The highest BCUT2D eigenvalue weighted by molar-refractivity contribution is 5.99. The lowest BCUT2D eigenvalue weighted by Crippen LogP contribution is -2.05. The first-order chi connectivity index (χ1) is 16.2. The summed E-state index contributed by atoms with van der Waals surface area (Å²) in [4.78, 5) is 4.79. The van der Waals surface area contributed by atoms with Crippen LogP contribution in [0.3, 0.4) is 0 Å². The van der Waals surface area contributed by atoms with E-state index in [1.54, 1.807) is 20.5 Å². The second kappa shape index (κ2) is 21.6. The van der Waals surface area contributed by atoms with Gasteiger partial charge in [-0.05, 0) is 31.7 Å². The first-order valence-electron chi connectivity index (χ1n) is 12.5. The third-order valence-electron chi connectivity index (χ3n) is 5.12. The minimum atomic E-state index is 0.300. The molecule has 0 heterocycles. The first-order valence-corrected chi connectivity index (χ1v) is 12.5. The highest BCUT2D eigenvalue weighted by atomic mass is 16.5. The SMILES string of the molecule is CC.CC\C(OC)=C(/N=C(CCCCCCCCCO)\C(C)=C/OCc1ccccc1)OC. The normalized spacial score (nSPS) is 12.5. The summed E-state index contributed by atoms with van der Waals surface area (Å²) in [7, 11) is 3.28. The topological polar surface area (TPSA) is 60.3 Å². The highest BCUT2D eigenvalue weighted by Crippen LogP contribution is 2.17. The van der Waals surface area contributed by atoms with Crippen molar-refractivity contribution in [2.45, 2.75) is 92.1 Å². The number of nitrogens with zero attached hydrogens (tertiary/aromatic N) is 1. The largest absolute Gasteiger partial charge is 0.496 e. The summed E-state index contributed by atoms with van der Waals surface area (Å²) in [6.07, 6.45) is 11.2. The number of hydrogen-bond donors (Lipinski definition) is 1. The van der Waals surface area contributed by atoms with Crippen molar-refractivity contribution in [1.82, 2.24) is 0 Å². The lowest BCUT2D eigenvalue weighted by atomic mass is 10.0. The molecule has 0 bridgehead atoms. The molecule has 0 aliphatic rings. The van der Waals surface area contributed by atoms with Crippen LogP contribution in [0.15, 0.2) is 58.8 Å². The summed E-state index contributed by atoms with van der Waals surface area (Å²) < 4.78 is 16.8. The predicted octanol–water partition coefficient (Wildman–Crippen LogP) is 7.56. The quantitative estimate of drug-likeness (QED) is 0.148. The van der Waals surface area contributed by atoms with Gasteiger partial charge in [0, 0.05) is 18.6 Å². The standard InChI is InChI=1S/C26H41NO4.C2H6/c1-5-25(29-3)26(30-4)27-24(18-14-9-7-6-8-10-15-19-28)22(2)20-31-21-23-16-12-11-13-17-23;1-2/h11-13,16-17,20,28H,5-10,14-15,18-19,21H2,1-4H3;1-2H3/b22-20-,26-25-,27-24-;. The van der Waals surface area contributed by atoms with Crippen LogP contribution < -0.4 is 0 Å². The number of aliphatic imine (C=N–C) groups is 1. The fourth-order valence-electron chi connectivity index (χ4n) is 3.26. The maximum Gasteiger partial charge on any atom is 0.252 e. The van der Waals surface area contributed by atoms with Crippen molar-refractivity contribution in [1.29, 1.82) is 0 Å². The van der Waals surface area contributed by atoms with E-state index in [0.29, 0.717) is 19.1 Å². The molecule has 0 spiro atoms. The molecule has 5 heteroatoms. The molecule has 1 rings (SSSR count). The molecule has 1 aromatic carbocycles. The molecule has 0 atom stereocenters. The zero-order valence-corrected chi connectivity index (χ0v) is 21.9. The summed E-state index contributed by atoms with van der Waals surface area (Å²) >= 11 is 0. The van der Waals surface area contributed by atoms with Crippen LogP contribution in [-0.4, -0.2) is 31.6 Å². The average Bonchev–Trinajstić information content (AvgIpc) is 2.86. The minimum absolute atomic E-state index is 0.300. The molecule has 33 heavy (non-hydrogen) atoms. The van der Waals surface area contributed by atoms with Gasteiger partial charge in [0.15, 0.2) is 5.76 Å². The van der Waals surface area contributed by atoms with Crippen LogP contribution in [0.25, 0.3) is 0 Å². The van der Waals surface area contributed by atoms with Gasteiger partial charge in [0.25, 0.3) is 5.88 Å². The number of ether oxygens (including phenoxy) is 3. The number of benzene rings is 1. The summed E-state index contributed by atoms with van der Waals surface area (Å²) in [5.41, 5.74) is 3.10. The summed E-state index contributed by atoms with van der Waals surface area (Å²) in [5, 5.41) is 8.86. The van der Waals surface area contributed by atoms with E-state index in [4.69, 9.17) is 24.3 Å². The van der Waals surface area contributed by atoms with E-state index in [0.717, 1.165) is 61.1 Å². The predicted molar refractivity (Wildman–Crippen MR) is 139 cm³/mol. The van der Waals surface area contributed by atoms with Crippen molar-refractivity contribution in [3.05, 3.63) is 59.4 Å². The Kier molecular flexibility index (Phi) is 20.1. The molecule has 0 saturated carbocycles. The molecule has 0 aromatic heterocycles. The van der Waals surface area contributed by atoms with E-state index < -0.39 is 0 Å². The van der Waals surface area contributed by atoms with Gasteiger partial charge in [-0.3, -0.25) is 0 Å². The van der Waals surface area contributed by atoms with Crippen molar-refractivity contribution >= 4 is 5.71 Å². The average molecular weight is 462 g/mol. The minimum Gasteiger partial charge on any atom is -0.496 e.